The van der Waals surface area contributed by atoms with Gasteiger partial charge in [-0.05, 0) is 30.5 Å². The van der Waals surface area contributed by atoms with Crippen LogP contribution >= 0.6 is 11.6 Å². The number of carbonyl (C=O) groups excluding carboxylic acids is 2. The number of alkyl halides is 1. The van der Waals surface area contributed by atoms with E-state index in [4.69, 9.17) is 11.6 Å². The van der Waals surface area contributed by atoms with Crippen LogP contribution in [0.25, 0.3) is 0 Å². The molecule has 0 unspecified atom stereocenters. The third kappa shape index (κ3) is 3.73. The Morgan fingerprint density at radius 1 is 1.25 bits per heavy atom. The molecule has 1 aromatic carbocycles. The Hall–Kier alpha value is -1.55. The van der Waals surface area contributed by atoms with Crippen LogP contribution in [0.2, 0.25) is 0 Å². The van der Waals surface area contributed by atoms with E-state index in [0.29, 0.717) is 24.5 Å². The first kappa shape index (κ1) is 14.9. The van der Waals surface area contributed by atoms with Crippen molar-refractivity contribution in [2.45, 2.75) is 31.7 Å². The molecule has 0 atom stereocenters. The second kappa shape index (κ2) is 6.75. The summed E-state index contributed by atoms with van der Waals surface area (Å²) >= 11 is 5.74. The van der Waals surface area contributed by atoms with Crippen molar-refractivity contribution in [2.24, 2.45) is 0 Å². The summed E-state index contributed by atoms with van der Waals surface area (Å²) in [6.07, 6.45) is 1.62. The highest BCUT2D eigenvalue weighted by Crippen LogP contribution is 2.15. The molecule has 5 heteroatoms. The number of rotatable bonds is 3. The maximum atomic E-state index is 12.3. The molecule has 4 nitrogen and oxygen atoms in total. The smallest absolute Gasteiger partial charge is 0.253 e. The maximum Gasteiger partial charge on any atom is 0.253 e. The number of hydrogen-bond acceptors (Lipinski definition) is 2. The predicted octanol–water partition coefficient (Wildman–Crippen LogP) is 2.17. The summed E-state index contributed by atoms with van der Waals surface area (Å²) in [5, 5.41) is 2.90. The maximum absolute atomic E-state index is 12.3. The fraction of sp³-hybridized carbons (Fsp3) is 0.467. The van der Waals surface area contributed by atoms with Crippen molar-refractivity contribution in [2.75, 3.05) is 13.1 Å². The van der Waals surface area contributed by atoms with Crippen LogP contribution < -0.4 is 5.32 Å². The van der Waals surface area contributed by atoms with Crippen molar-refractivity contribution in [1.82, 2.24) is 10.2 Å². The predicted molar refractivity (Wildman–Crippen MR) is 78.7 cm³/mol. The van der Waals surface area contributed by atoms with Gasteiger partial charge in [0, 0.05) is 37.5 Å². The molecule has 0 aromatic heterocycles. The lowest BCUT2D eigenvalue weighted by Gasteiger charge is -2.32. The van der Waals surface area contributed by atoms with Gasteiger partial charge in [-0.1, -0.05) is 12.1 Å². The zero-order chi connectivity index (χ0) is 14.5. The van der Waals surface area contributed by atoms with Crippen LogP contribution in [-0.4, -0.2) is 35.8 Å². The molecule has 0 aliphatic carbocycles. The number of carbonyl (C=O) groups is 2. The minimum Gasteiger partial charge on any atom is -0.353 e. The molecule has 0 saturated carbocycles. The van der Waals surface area contributed by atoms with E-state index in [9.17, 15) is 9.59 Å². The van der Waals surface area contributed by atoms with Crippen molar-refractivity contribution in [3.05, 3.63) is 35.4 Å². The largest absolute Gasteiger partial charge is 0.353 e. The van der Waals surface area contributed by atoms with Gasteiger partial charge in [0.25, 0.3) is 5.91 Å². The van der Waals surface area contributed by atoms with Gasteiger partial charge in [-0.25, -0.2) is 0 Å². The lowest BCUT2D eigenvalue weighted by Crippen LogP contribution is -2.46. The van der Waals surface area contributed by atoms with Gasteiger partial charge in [-0.15, -0.1) is 11.6 Å². The fourth-order valence-electron chi connectivity index (χ4n) is 2.43. The monoisotopic (exact) mass is 294 g/mol. The highest BCUT2D eigenvalue weighted by molar-refractivity contribution is 6.17. The molecular formula is C15H19ClN2O2. The molecule has 108 valence electrons. The number of piperidine rings is 1. The number of amides is 2. The van der Waals surface area contributed by atoms with E-state index >= 15 is 0 Å². The van der Waals surface area contributed by atoms with Crippen LogP contribution in [-0.2, 0) is 10.7 Å². The van der Waals surface area contributed by atoms with Crippen LogP contribution in [0.15, 0.2) is 24.3 Å². The van der Waals surface area contributed by atoms with E-state index in [0.717, 1.165) is 18.4 Å². The normalized spacial score (nSPS) is 16.0. The highest BCUT2D eigenvalue weighted by Gasteiger charge is 2.23. The van der Waals surface area contributed by atoms with Gasteiger partial charge in [0.05, 0.1) is 0 Å². The van der Waals surface area contributed by atoms with Gasteiger partial charge in [0.2, 0.25) is 5.91 Å². The topological polar surface area (TPSA) is 49.4 Å². The van der Waals surface area contributed by atoms with Crippen LogP contribution in [0.5, 0.6) is 0 Å². The first-order valence-corrected chi connectivity index (χ1v) is 7.35. The van der Waals surface area contributed by atoms with E-state index in [1.807, 2.05) is 29.2 Å². The quantitative estimate of drug-likeness (QED) is 0.869. The molecule has 1 aliphatic heterocycles. The first-order chi connectivity index (χ1) is 9.60. The van der Waals surface area contributed by atoms with Crippen LogP contribution in [0.4, 0.5) is 0 Å². The number of halogens is 1. The molecule has 2 amide bonds. The first-order valence-electron chi connectivity index (χ1n) is 6.81. The van der Waals surface area contributed by atoms with Crippen molar-refractivity contribution in [1.29, 1.82) is 0 Å². The van der Waals surface area contributed by atoms with E-state index in [1.165, 1.54) is 6.92 Å². The number of benzene rings is 1. The Balaban J connectivity index is 1.92. The molecule has 1 aromatic rings. The summed E-state index contributed by atoms with van der Waals surface area (Å²) in [5.41, 5.74) is 1.70. The van der Waals surface area contributed by atoms with Gasteiger partial charge in [0.15, 0.2) is 0 Å². The number of likely N-dealkylation sites (tertiary alicyclic amines) is 1. The van der Waals surface area contributed by atoms with Gasteiger partial charge in [-0.3, -0.25) is 9.59 Å². The summed E-state index contributed by atoms with van der Waals surface area (Å²) in [6.45, 7) is 2.89. The zero-order valence-corrected chi connectivity index (χ0v) is 12.3. The van der Waals surface area contributed by atoms with Crippen LogP contribution in [0, 0.1) is 0 Å². The average Bonchev–Trinajstić information content (AvgIpc) is 2.47. The van der Waals surface area contributed by atoms with E-state index in [2.05, 4.69) is 5.32 Å². The molecule has 0 bridgehead atoms. The third-order valence-corrected chi connectivity index (χ3v) is 3.85. The standard InChI is InChI=1S/C15H19ClN2O2/c1-11(19)17-14-6-8-18(9-7-14)15(20)13-4-2-12(10-16)3-5-13/h2-5,14H,6-10H2,1H3,(H,17,19). The lowest BCUT2D eigenvalue weighted by atomic mass is 10.0. The van der Waals surface area contributed by atoms with Crippen LogP contribution in [0.3, 0.4) is 0 Å². The highest BCUT2D eigenvalue weighted by atomic mass is 35.5. The van der Waals surface area contributed by atoms with Crippen LogP contribution in [0.1, 0.15) is 35.7 Å². The molecule has 1 aliphatic rings. The molecule has 0 spiro atoms. The summed E-state index contributed by atoms with van der Waals surface area (Å²) in [5.74, 6) is 0.496. The number of nitrogens with one attached hydrogen (secondary N) is 1. The molecule has 1 fully saturated rings. The second-order valence-corrected chi connectivity index (χ2v) is 5.36. The minimum absolute atomic E-state index is 0.00793. The fourth-order valence-corrected chi connectivity index (χ4v) is 2.61. The van der Waals surface area contributed by atoms with Crippen molar-refractivity contribution in [3.8, 4) is 0 Å². The third-order valence-electron chi connectivity index (χ3n) is 3.54. The Morgan fingerprint density at radius 3 is 2.35 bits per heavy atom. The number of hydrogen-bond donors (Lipinski definition) is 1. The Labute approximate surface area is 124 Å². The van der Waals surface area contributed by atoms with Crippen molar-refractivity contribution < 1.29 is 9.59 Å². The number of nitrogens with zero attached hydrogens (tertiary/aromatic N) is 1. The Kier molecular flexibility index (Phi) is 5.01. The van der Waals surface area contributed by atoms with Gasteiger partial charge < -0.3 is 10.2 Å². The zero-order valence-electron chi connectivity index (χ0n) is 11.6. The van der Waals surface area contributed by atoms with E-state index < -0.39 is 0 Å². The SMILES string of the molecule is CC(=O)NC1CCN(C(=O)c2ccc(CCl)cc2)CC1. The molecule has 2 rings (SSSR count). The van der Waals surface area contributed by atoms with E-state index in [1.54, 1.807) is 0 Å². The van der Waals surface area contributed by atoms with Crippen molar-refractivity contribution in [3.63, 3.8) is 0 Å². The summed E-state index contributed by atoms with van der Waals surface area (Å²) in [6, 6.07) is 7.59. The van der Waals surface area contributed by atoms with Gasteiger partial charge in [-0.2, -0.15) is 0 Å². The van der Waals surface area contributed by atoms with Gasteiger partial charge >= 0.3 is 0 Å². The minimum atomic E-state index is -0.00793. The summed E-state index contributed by atoms with van der Waals surface area (Å²) < 4.78 is 0. The molecule has 1 saturated heterocycles. The molecule has 1 N–H and O–H groups in total. The summed E-state index contributed by atoms with van der Waals surface area (Å²) in [4.78, 5) is 25.2. The summed E-state index contributed by atoms with van der Waals surface area (Å²) in [7, 11) is 0. The van der Waals surface area contributed by atoms with Crippen molar-refractivity contribution >= 4 is 23.4 Å². The molecular weight excluding hydrogens is 276 g/mol. The average molecular weight is 295 g/mol. The molecule has 0 radical (unpaired) electrons. The Bertz CT molecular complexity index is 479. The van der Waals surface area contributed by atoms with E-state index in [-0.39, 0.29) is 17.9 Å². The lowest BCUT2D eigenvalue weighted by molar-refractivity contribution is -0.119. The van der Waals surface area contributed by atoms with Gasteiger partial charge in [0.1, 0.15) is 0 Å². The molecule has 1 heterocycles. The second-order valence-electron chi connectivity index (χ2n) is 5.10. The Morgan fingerprint density at radius 2 is 1.85 bits per heavy atom. The molecule has 20 heavy (non-hydrogen) atoms.